The number of ether oxygens (including phenoxy) is 1. The number of benzene rings is 1. The Morgan fingerprint density at radius 2 is 2.04 bits per heavy atom. The van der Waals surface area contributed by atoms with E-state index in [1.807, 2.05) is 0 Å². The summed E-state index contributed by atoms with van der Waals surface area (Å²) in [5.41, 5.74) is 0. The van der Waals surface area contributed by atoms with E-state index in [-0.39, 0.29) is 6.42 Å². The molecule has 0 aromatic heterocycles. The van der Waals surface area contributed by atoms with Crippen molar-refractivity contribution in [3.05, 3.63) is 24.0 Å². The second-order valence-electron chi connectivity index (χ2n) is 5.78. The number of nitrogens with zero attached hydrogens (tertiary/aromatic N) is 1. The number of carboxylic acids is 1. The minimum absolute atomic E-state index is 0.152. The van der Waals surface area contributed by atoms with Gasteiger partial charge in [0.05, 0.1) is 5.92 Å². The van der Waals surface area contributed by atoms with Gasteiger partial charge < -0.3 is 9.84 Å². The Hall–Kier alpha value is -1.81. The van der Waals surface area contributed by atoms with Crippen LogP contribution in [-0.2, 0) is 14.8 Å². The van der Waals surface area contributed by atoms with Gasteiger partial charge in [-0.15, -0.1) is 0 Å². The van der Waals surface area contributed by atoms with Crippen LogP contribution in [0.4, 0.5) is 13.2 Å². The molecule has 0 amide bonds. The van der Waals surface area contributed by atoms with Crippen LogP contribution >= 0.6 is 0 Å². The molecule has 2 saturated heterocycles. The maximum Gasteiger partial charge on any atom is 0.387 e. The summed E-state index contributed by atoms with van der Waals surface area (Å²) in [6.07, 6.45) is 0.995. The smallest absolute Gasteiger partial charge is 0.387 e. The number of fused-ring (bicyclic) bond motifs is 2. The Bertz CT molecular complexity index is 770. The van der Waals surface area contributed by atoms with Gasteiger partial charge >= 0.3 is 12.6 Å². The number of hydrogen-bond acceptors (Lipinski definition) is 4. The van der Waals surface area contributed by atoms with E-state index in [4.69, 9.17) is 0 Å². The first-order chi connectivity index (χ1) is 11.2. The lowest BCUT2D eigenvalue weighted by Crippen LogP contribution is -2.38. The lowest BCUT2D eigenvalue weighted by Gasteiger charge is -2.23. The fourth-order valence-corrected chi connectivity index (χ4v) is 5.62. The SMILES string of the molecule is O=C(O)C1CC2CCC1N2S(=O)(=O)c1cc(F)ccc1OC(F)F. The summed E-state index contributed by atoms with van der Waals surface area (Å²) in [5.74, 6) is -3.54. The summed E-state index contributed by atoms with van der Waals surface area (Å²) in [4.78, 5) is 10.5. The molecular weight excluding hydrogens is 351 g/mol. The summed E-state index contributed by atoms with van der Waals surface area (Å²) >= 11 is 0. The van der Waals surface area contributed by atoms with E-state index in [1.54, 1.807) is 0 Å². The first-order valence-corrected chi connectivity index (χ1v) is 8.66. The van der Waals surface area contributed by atoms with Crippen molar-refractivity contribution >= 4 is 16.0 Å². The van der Waals surface area contributed by atoms with Crippen LogP contribution < -0.4 is 4.74 Å². The van der Waals surface area contributed by atoms with Gasteiger partial charge in [-0.1, -0.05) is 0 Å². The van der Waals surface area contributed by atoms with Crippen LogP contribution in [0.2, 0.25) is 0 Å². The highest BCUT2D eigenvalue weighted by Gasteiger charge is 2.54. The lowest BCUT2D eigenvalue weighted by atomic mass is 9.89. The molecule has 1 aromatic rings. The number of carboxylic acid groups (broad SMARTS) is 1. The molecule has 0 saturated carbocycles. The summed E-state index contributed by atoms with van der Waals surface area (Å²) in [5, 5.41) is 9.20. The van der Waals surface area contributed by atoms with Crippen LogP contribution in [0.3, 0.4) is 0 Å². The Labute approximate surface area is 135 Å². The van der Waals surface area contributed by atoms with Crippen molar-refractivity contribution in [2.45, 2.75) is 42.9 Å². The lowest BCUT2D eigenvalue weighted by molar-refractivity contribution is -0.142. The van der Waals surface area contributed by atoms with Crippen LogP contribution in [-0.4, -0.2) is 42.5 Å². The molecule has 2 heterocycles. The van der Waals surface area contributed by atoms with Gasteiger partial charge in [0, 0.05) is 12.1 Å². The molecule has 0 aliphatic carbocycles. The fraction of sp³-hybridized carbons (Fsp3) is 0.500. The highest BCUT2D eigenvalue weighted by Crippen LogP contribution is 2.46. The highest BCUT2D eigenvalue weighted by molar-refractivity contribution is 7.89. The second-order valence-corrected chi connectivity index (χ2v) is 7.60. The van der Waals surface area contributed by atoms with Gasteiger partial charge in [0.1, 0.15) is 16.5 Å². The molecule has 0 spiro atoms. The van der Waals surface area contributed by atoms with Crippen LogP contribution in [0.25, 0.3) is 0 Å². The summed E-state index contributed by atoms with van der Waals surface area (Å²) in [6.45, 7) is -3.27. The minimum atomic E-state index is -4.37. The van der Waals surface area contributed by atoms with Crippen LogP contribution in [0, 0.1) is 11.7 Å². The number of aliphatic carboxylic acids is 1. The number of carbonyl (C=O) groups is 1. The molecule has 132 valence electrons. The number of hydrogen-bond donors (Lipinski definition) is 1. The number of sulfonamides is 1. The first kappa shape index (κ1) is 17.0. The van der Waals surface area contributed by atoms with Crippen molar-refractivity contribution in [2.24, 2.45) is 5.92 Å². The van der Waals surface area contributed by atoms with Crippen molar-refractivity contribution < 1.29 is 36.2 Å². The molecule has 24 heavy (non-hydrogen) atoms. The van der Waals surface area contributed by atoms with Crippen molar-refractivity contribution in [1.82, 2.24) is 4.31 Å². The molecule has 0 radical (unpaired) electrons. The van der Waals surface area contributed by atoms with Gasteiger partial charge in [-0.3, -0.25) is 4.79 Å². The molecule has 3 atom stereocenters. The normalized spacial score (nSPS) is 26.9. The van der Waals surface area contributed by atoms with E-state index >= 15 is 0 Å². The molecule has 2 bridgehead atoms. The molecule has 6 nitrogen and oxygen atoms in total. The molecule has 10 heteroatoms. The fourth-order valence-electron chi connectivity index (χ4n) is 3.57. The Balaban J connectivity index is 2.03. The third-order valence-corrected chi connectivity index (χ3v) is 6.47. The molecule has 2 fully saturated rings. The first-order valence-electron chi connectivity index (χ1n) is 7.22. The molecule has 2 aliphatic rings. The number of alkyl halides is 2. The van der Waals surface area contributed by atoms with Crippen molar-refractivity contribution in [2.75, 3.05) is 0 Å². The van der Waals surface area contributed by atoms with Gasteiger partial charge in [0.2, 0.25) is 10.0 Å². The average molecular weight is 365 g/mol. The van der Waals surface area contributed by atoms with Crippen LogP contribution in [0.15, 0.2) is 23.1 Å². The monoisotopic (exact) mass is 365 g/mol. The highest BCUT2D eigenvalue weighted by atomic mass is 32.2. The van der Waals surface area contributed by atoms with Gasteiger partial charge in [-0.05, 0) is 37.5 Å². The summed E-state index contributed by atoms with van der Waals surface area (Å²) < 4.78 is 69.4. The third kappa shape index (κ3) is 2.73. The molecule has 1 N–H and O–H groups in total. The Morgan fingerprint density at radius 3 is 2.62 bits per heavy atom. The zero-order valence-electron chi connectivity index (χ0n) is 12.2. The van der Waals surface area contributed by atoms with Gasteiger partial charge in [0.25, 0.3) is 0 Å². The zero-order chi connectivity index (χ0) is 17.6. The molecule has 3 unspecified atom stereocenters. The summed E-state index contributed by atoms with van der Waals surface area (Å²) in [6, 6.07) is 0.945. The molecule has 1 aromatic carbocycles. The van der Waals surface area contributed by atoms with Gasteiger partial charge in [-0.2, -0.15) is 13.1 Å². The number of rotatable bonds is 5. The van der Waals surface area contributed by atoms with Gasteiger partial charge in [0.15, 0.2) is 0 Å². The topological polar surface area (TPSA) is 83.9 Å². The quantitative estimate of drug-likeness (QED) is 0.863. The van der Waals surface area contributed by atoms with Crippen molar-refractivity contribution in [3.8, 4) is 5.75 Å². The van der Waals surface area contributed by atoms with Crippen LogP contribution in [0.5, 0.6) is 5.75 Å². The predicted molar refractivity (Wildman–Crippen MR) is 74.6 cm³/mol. The zero-order valence-corrected chi connectivity index (χ0v) is 13.0. The summed E-state index contributed by atoms with van der Waals surface area (Å²) in [7, 11) is -4.37. The third-order valence-electron chi connectivity index (χ3n) is 4.47. The van der Waals surface area contributed by atoms with Crippen molar-refractivity contribution in [3.63, 3.8) is 0 Å². The molecule has 2 aliphatic heterocycles. The maximum atomic E-state index is 13.5. The van der Waals surface area contributed by atoms with E-state index in [1.165, 1.54) is 0 Å². The van der Waals surface area contributed by atoms with E-state index in [2.05, 4.69) is 4.74 Å². The van der Waals surface area contributed by atoms with E-state index in [0.29, 0.717) is 18.9 Å². The molecule has 3 rings (SSSR count). The van der Waals surface area contributed by atoms with Gasteiger partial charge in [-0.25, -0.2) is 12.8 Å². The van der Waals surface area contributed by atoms with Crippen LogP contribution in [0.1, 0.15) is 19.3 Å². The molecular formula is C14H14F3NO5S. The predicted octanol–water partition coefficient (Wildman–Crippen LogP) is 2.05. The van der Waals surface area contributed by atoms with E-state index in [9.17, 15) is 31.5 Å². The van der Waals surface area contributed by atoms with E-state index in [0.717, 1.165) is 16.4 Å². The second kappa shape index (κ2) is 5.92. The standard InChI is InChI=1S/C14H14F3NO5S/c15-7-1-4-11(23-14(16)17)12(5-7)24(21,22)18-8-2-3-10(18)9(6-8)13(19)20/h1,4-5,8-10,14H,2-3,6H2,(H,19,20). The Kier molecular flexibility index (Phi) is 4.20. The largest absolute Gasteiger partial charge is 0.481 e. The Morgan fingerprint density at radius 1 is 1.33 bits per heavy atom. The average Bonchev–Trinajstić information content (AvgIpc) is 3.07. The van der Waals surface area contributed by atoms with Crippen molar-refractivity contribution in [1.29, 1.82) is 0 Å². The van der Waals surface area contributed by atoms with E-state index < -0.39 is 57.1 Å². The number of halogens is 3. The maximum absolute atomic E-state index is 13.5. The minimum Gasteiger partial charge on any atom is -0.481 e.